The van der Waals surface area contributed by atoms with Gasteiger partial charge in [-0.05, 0) is 74.5 Å². The van der Waals surface area contributed by atoms with E-state index in [1.54, 1.807) is 72.8 Å². The van der Waals surface area contributed by atoms with Crippen molar-refractivity contribution in [3.05, 3.63) is 198 Å². The fraction of sp³-hybridized carbons (Fsp3) is 0.0455. The highest BCUT2D eigenvalue weighted by Gasteiger charge is 2.37. The van der Waals surface area contributed by atoms with Gasteiger partial charge in [0.2, 0.25) is 0 Å². The Balaban J connectivity index is 1.62. The van der Waals surface area contributed by atoms with Crippen LogP contribution < -0.4 is 9.80 Å². The smallest absolute Gasteiger partial charge is 0.265 e. The molecule has 0 aliphatic rings. The lowest BCUT2D eigenvalue weighted by molar-refractivity contribution is 0.0957. The lowest BCUT2D eigenvalue weighted by Gasteiger charge is -2.29. The molecule has 0 radical (unpaired) electrons. The molecule has 0 saturated heterocycles. The SMILES string of the molecule is Cc1ccc(N(C(=O)c2ccccc2)c2nc(-c3ccccc3)n(C(=O)c3ccccc3)c2N(C(=O)c2ccccc2)c2ccc(C)cc2)cc1. The van der Waals surface area contributed by atoms with Gasteiger partial charge in [0.25, 0.3) is 17.7 Å². The van der Waals surface area contributed by atoms with Crippen LogP contribution in [0.15, 0.2) is 170 Å². The highest BCUT2D eigenvalue weighted by molar-refractivity contribution is 6.18. The van der Waals surface area contributed by atoms with Crippen molar-refractivity contribution < 1.29 is 14.4 Å². The van der Waals surface area contributed by atoms with Crippen molar-refractivity contribution >= 4 is 40.7 Å². The molecule has 0 aliphatic heterocycles. The van der Waals surface area contributed by atoms with Crippen LogP contribution in [0.2, 0.25) is 0 Å². The average Bonchev–Trinajstić information content (AvgIpc) is 3.56. The highest BCUT2D eigenvalue weighted by Crippen LogP contribution is 2.43. The summed E-state index contributed by atoms with van der Waals surface area (Å²) < 4.78 is 1.46. The Morgan fingerprint density at radius 3 is 1.33 bits per heavy atom. The Morgan fingerprint density at radius 1 is 0.471 bits per heavy atom. The van der Waals surface area contributed by atoms with Crippen molar-refractivity contribution in [1.82, 2.24) is 9.55 Å². The molecule has 0 atom stereocenters. The van der Waals surface area contributed by atoms with E-state index in [9.17, 15) is 14.4 Å². The molecule has 51 heavy (non-hydrogen) atoms. The molecule has 0 spiro atoms. The molecule has 0 aliphatic carbocycles. The molecule has 0 fully saturated rings. The number of carbonyl (C=O) groups is 3. The number of anilines is 4. The number of imidazole rings is 1. The summed E-state index contributed by atoms with van der Waals surface area (Å²) in [6, 6.07) is 51.0. The van der Waals surface area contributed by atoms with E-state index in [-0.39, 0.29) is 23.4 Å². The third-order valence-electron chi connectivity index (χ3n) is 8.55. The molecule has 7 nitrogen and oxygen atoms in total. The monoisotopic (exact) mass is 666 g/mol. The molecule has 7 rings (SSSR count). The Kier molecular flexibility index (Phi) is 9.18. The van der Waals surface area contributed by atoms with Gasteiger partial charge in [0.15, 0.2) is 17.5 Å². The van der Waals surface area contributed by atoms with E-state index < -0.39 is 11.8 Å². The average molecular weight is 667 g/mol. The van der Waals surface area contributed by atoms with Crippen LogP contribution in [-0.2, 0) is 0 Å². The van der Waals surface area contributed by atoms with Crippen LogP contribution in [0.25, 0.3) is 11.4 Å². The predicted octanol–water partition coefficient (Wildman–Crippen LogP) is 9.81. The lowest BCUT2D eigenvalue weighted by atomic mass is 10.1. The van der Waals surface area contributed by atoms with Gasteiger partial charge in [0.05, 0.1) is 11.4 Å². The first kappa shape index (κ1) is 32.7. The number of rotatable bonds is 8. The maximum absolute atomic E-state index is 15.0. The second-order valence-electron chi connectivity index (χ2n) is 12.1. The Bertz CT molecular complexity index is 2300. The molecule has 2 amide bonds. The third kappa shape index (κ3) is 6.60. The summed E-state index contributed by atoms with van der Waals surface area (Å²) in [7, 11) is 0. The minimum absolute atomic E-state index is 0.112. The molecule has 0 saturated carbocycles. The number of benzene rings is 6. The van der Waals surface area contributed by atoms with E-state index in [1.807, 2.05) is 111 Å². The van der Waals surface area contributed by atoms with E-state index >= 15 is 0 Å². The normalized spacial score (nSPS) is 10.8. The number of aryl methyl sites for hydroxylation is 2. The van der Waals surface area contributed by atoms with Crippen LogP contribution in [0, 0.1) is 13.8 Å². The molecule has 1 heterocycles. The molecule has 1 aromatic heterocycles. The maximum atomic E-state index is 15.0. The number of nitrogens with zero attached hydrogens (tertiary/aromatic N) is 4. The summed E-state index contributed by atoms with van der Waals surface area (Å²) in [5, 5.41) is 0. The summed E-state index contributed by atoms with van der Waals surface area (Å²) >= 11 is 0. The zero-order chi connectivity index (χ0) is 35.3. The summed E-state index contributed by atoms with van der Waals surface area (Å²) in [6.07, 6.45) is 0. The first-order chi connectivity index (χ1) is 24.9. The predicted molar refractivity (Wildman–Crippen MR) is 202 cm³/mol. The molecular weight excluding hydrogens is 633 g/mol. The fourth-order valence-electron chi connectivity index (χ4n) is 5.91. The minimum atomic E-state index is -0.419. The Morgan fingerprint density at radius 2 is 0.863 bits per heavy atom. The quantitative estimate of drug-likeness (QED) is 0.162. The minimum Gasteiger partial charge on any atom is -0.268 e. The topological polar surface area (TPSA) is 75.5 Å². The largest absolute Gasteiger partial charge is 0.268 e. The van der Waals surface area contributed by atoms with Gasteiger partial charge in [-0.3, -0.25) is 24.2 Å². The maximum Gasteiger partial charge on any atom is 0.265 e. The van der Waals surface area contributed by atoms with Crippen LogP contribution in [0.3, 0.4) is 0 Å². The summed E-state index contributed by atoms with van der Waals surface area (Å²) in [5.41, 5.74) is 4.81. The van der Waals surface area contributed by atoms with Gasteiger partial charge in [0, 0.05) is 22.3 Å². The second kappa shape index (κ2) is 14.3. The molecule has 6 aromatic carbocycles. The Labute approximate surface area is 296 Å². The zero-order valence-corrected chi connectivity index (χ0v) is 28.2. The first-order valence-corrected chi connectivity index (χ1v) is 16.6. The van der Waals surface area contributed by atoms with Gasteiger partial charge >= 0.3 is 0 Å². The van der Waals surface area contributed by atoms with Crippen molar-refractivity contribution in [2.45, 2.75) is 13.8 Å². The summed E-state index contributed by atoms with van der Waals surface area (Å²) in [5.74, 6) is -0.708. The fourth-order valence-corrected chi connectivity index (χ4v) is 5.91. The number of aromatic nitrogens is 2. The molecule has 0 unspecified atom stereocenters. The molecule has 0 bridgehead atoms. The molecule has 7 heteroatoms. The standard InChI is InChI=1S/C44H34N4O3/c1-31-23-27-37(28-24-31)46(42(49)34-17-9-4-10-18-34)40-41(47(38-29-25-32(2)26-30-38)43(50)35-19-11-5-12-20-35)48(44(51)36-21-13-6-14-22-36)39(45-40)33-15-7-3-8-16-33/h3-30H,1-2H3. The molecular formula is C44H34N4O3. The van der Waals surface area contributed by atoms with Crippen molar-refractivity contribution in [3.8, 4) is 11.4 Å². The third-order valence-corrected chi connectivity index (χ3v) is 8.55. The van der Waals surface area contributed by atoms with Gasteiger partial charge in [-0.2, -0.15) is 0 Å². The van der Waals surface area contributed by atoms with Crippen LogP contribution in [0.5, 0.6) is 0 Å². The summed E-state index contributed by atoms with van der Waals surface area (Å²) in [4.78, 5) is 52.9. The molecule has 7 aromatic rings. The van der Waals surface area contributed by atoms with E-state index in [1.165, 1.54) is 14.4 Å². The van der Waals surface area contributed by atoms with E-state index in [4.69, 9.17) is 4.98 Å². The van der Waals surface area contributed by atoms with Crippen LogP contribution in [-0.4, -0.2) is 27.3 Å². The number of hydrogen-bond donors (Lipinski definition) is 0. The van der Waals surface area contributed by atoms with E-state index in [2.05, 4.69) is 0 Å². The van der Waals surface area contributed by atoms with Gasteiger partial charge in [-0.25, -0.2) is 9.55 Å². The molecule has 248 valence electrons. The molecule has 0 N–H and O–H groups in total. The lowest BCUT2D eigenvalue weighted by Crippen LogP contribution is -2.33. The number of amides is 2. The van der Waals surface area contributed by atoms with Crippen LogP contribution in [0.1, 0.15) is 42.2 Å². The van der Waals surface area contributed by atoms with Gasteiger partial charge in [-0.1, -0.05) is 120 Å². The van der Waals surface area contributed by atoms with E-state index in [0.29, 0.717) is 33.6 Å². The van der Waals surface area contributed by atoms with Gasteiger partial charge in [0.1, 0.15) is 0 Å². The van der Waals surface area contributed by atoms with Crippen molar-refractivity contribution in [2.75, 3.05) is 9.80 Å². The second-order valence-corrected chi connectivity index (χ2v) is 12.1. The van der Waals surface area contributed by atoms with Crippen LogP contribution in [0.4, 0.5) is 23.0 Å². The van der Waals surface area contributed by atoms with Gasteiger partial charge in [-0.15, -0.1) is 0 Å². The van der Waals surface area contributed by atoms with E-state index in [0.717, 1.165) is 11.1 Å². The number of carbonyl (C=O) groups excluding carboxylic acids is 3. The Hall–Kier alpha value is -6.86. The van der Waals surface area contributed by atoms with Crippen molar-refractivity contribution in [2.24, 2.45) is 0 Å². The van der Waals surface area contributed by atoms with Crippen molar-refractivity contribution in [3.63, 3.8) is 0 Å². The zero-order valence-electron chi connectivity index (χ0n) is 28.2. The van der Waals surface area contributed by atoms with Gasteiger partial charge < -0.3 is 0 Å². The van der Waals surface area contributed by atoms with Crippen molar-refractivity contribution in [1.29, 1.82) is 0 Å². The highest BCUT2D eigenvalue weighted by atomic mass is 16.2. The first-order valence-electron chi connectivity index (χ1n) is 16.6. The summed E-state index contributed by atoms with van der Waals surface area (Å²) in [6.45, 7) is 3.93. The number of hydrogen-bond acceptors (Lipinski definition) is 4. The van der Waals surface area contributed by atoms with Crippen LogP contribution >= 0.6 is 0 Å².